The molecule has 2 aliphatic heterocycles. The SMILES string of the molecule is CN=C(NCCc1nc(-c2ccco2)n[nH]1)NC1CC2CCCC(C1)N2C.I. The zero-order valence-electron chi connectivity index (χ0n) is 16.5. The van der Waals surface area contributed by atoms with Gasteiger partial charge in [-0.15, -0.1) is 24.0 Å². The molecular weight excluding hydrogens is 469 g/mol. The lowest BCUT2D eigenvalue weighted by atomic mass is 9.82. The number of nitrogens with one attached hydrogen (secondary N) is 3. The fraction of sp³-hybridized carbons (Fsp3) is 0.632. The van der Waals surface area contributed by atoms with Gasteiger partial charge in [-0.3, -0.25) is 10.1 Å². The van der Waals surface area contributed by atoms with E-state index in [0.29, 0.717) is 29.7 Å². The molecule has 8 nitrogen and oxygen atoms in total. The van der Waals surface area contributed by atoms with Crippen LogP contribution in [0.4, 0.5) is 0 Å². The lowest BCUT2D eigenvalue weighted by Gasteiger charge is -2.47. The Balaban J connectivity index is 0.00000225. The van der Waals surface area contributed by atoms with Crippen LogP contribution >= 0.6 is 24.0 Å². The second kappa shape index (κ2) is 9.73. The lowest BCUT2D eigenvalue weighted by molar-refractivity contribution is 0.0526. The van der Waals surface area contributed by atoms with Crippen molar-refractivity contribution in [2.75, 3.05) is 20.6 Å². The normalized spacial score (nSPS) is 25.2. The molecule has 9 heteroatoms. The zero-order chi connectivity index (χ0) is 18.6. The van der Waals surface area contributed by atoms with Crippen molar-refractivity contribution in [3.05, 3.63) is 24.2 Å². The van der Waals surface area contributed by atoms with Gasteiger partial charge >= 0.3 is 0 Å². The number of halogens is 1. The van der Waals surface area contributed by atoms with E-state index >= 15 is 0 Å². The maximum Gasteiger partial charge on any atom is 0.216 e. The molecule has 3 N–H and O–H groups in total. The summed E-state index contributed by atoms with van der Waals surface area (Å²) < 4.78 is 5.32. The van der Waals surface area contributed by atoms with Crippen LogP contribution in [0.5, 0.6) is 0 Å². The maximum absolute atomic E-state index is 5.32. The van der Waals surface area contributed by atoms with Gasteiger partial charge in [0.2, 0.25) is 5.82 Å². The number of fused-ring (bicyclic) bond motifs is 2. The first kappa shape index (κ1) is 21.1. The van der Waals surface area contributed by atoms with Crippen LogP contribution in [0.3, 0.4) is 0 Å². The van der Waals surface area contributed by atoms with Crippen LogP contribution in [-0.4, -0.2) is 64.8 Å². The van der Waals surface area contributed by atoms with E-state index in [4.69, 9.17) is 4.42 Å². The number of guanidine groups is 1. The van der Waals surface area contributed by atoms with E-state index in [1.165, 1.54) is 32.1 Å². The summed E-state index contributed by atoms with van der Waals surface area (Å²) in [6, 6.07) is 5.61. The third-order valence-corrected chi connectivity index (χ3v) is 5.83. The van der Waals surface area contributed by atoms with Crippen LogP contribution < -0.4 is 10.6 Å². The summed E-state index contributed by atoms with van der Waals surface area (Å²) in [5.41, 5.74) is 0. The summed E-state index contributed by atoms with van der Waals surface area (Å²) in [6.45, 7) is 0.742. The molecule has 2 aromatic rings. The van der Waals surface area contributed by atoms with Gasteiger partial charge in [0.15, 0.2) is 11.7 Å². The average Bonchev–Trinajstić information content (AvgIpc) is 3.33. The fourth-order valence-electron chi connectivity index (χ4n) is 4.34. The molecule has 4 rings (SSSR count). The Morgan fingerprint density at radius 1 is 1.36 bits per heavy atom. The van der Waals surface area contributed by atoms with Gasteiger partial charge < -0.3 is 20.0 Å². The summed E-state index contributed by atoms with van der Waals surface area (Å²) in [5, 5.41) is 14.2. The molecule has 0 aromatic carbocycles. The molecule has 2 saturated heterocycles. The third kappa shape index (κ3) is 4.86. The molecule has 2 aromatic heterocycles. The van der Waals surface area contributed by atoms with E-state index in [1.807, 2.05) is 19.2 Å². The molecule has 0 saturated carbocycles. The van der Waals surface area contributed by atoms with E-state index < -0.39 is 0 Å². The molecule has 2 atom stereocenters. The van der Waals surface area contributed by atoms with Crippen molar-refractivity contribution in [2.24, 2.45) is 4.99 Å². The van der Waals surface area contributed by atoms with Crippen molar-refractivity contribution in [1.82, 2.24) is 30.7 Å². The van der Waals surface area contributed by atoms with Crippen LogP contribution in [0.25, 0.3) is 11.6 Å². The van der Waals surface area contributed by atoms with Crippen LogP contribution in [0.15, 0.2) is 27.8 Å². The van der Waals surface area contributed by atoms with Gasteiger partial charge in [0.1, 0.15) is 5.82 Å². The zero-order valence-corrected chi connectivity index (χ0v) is 18.8. The summed E-state index contributed by atoms with van der Waals surface area (Å²) in [7, 11) is 4.11. The largest absolute Gasteiger partial charge is 0.461 e. The van der Waals surface area contributed by atoms with E-state index in [-0.39, 0.29) is 24.0 Å². The Morgan fingerprint density at radius 2 is 2.14 bits per heavy atom. The minimum atomic E-state index is 0. The molecule has 154 valence electrons. The number of piperidine rings is 2. The molecule has 2 fully saturated rings. The summed E-state index contributed by atoms with van der Waals surface area (Å²) in [6.07, 6.45) is 8.77. The molecule has 28 heavy (non-hydrogen) atoms. The Hall–Kier alpha value is -1.62. The van der Waals surface area contributed by atoms with Crippen LogP contribution in [-0.2, 0) is 6.42 Å². The summed E-state index contributed by atoms with van der Waals surface area (Å²) >= 11 is 0. The molecule has 2 unspecified atom stereocenters. The van der Waals surface area contributed by atoms with Crippen LogP contribution in [0.2, 0.25) is 0 Å². The highest BCUT2D eigenvalue weighted by atomic mass is 127. The highest BCUT2D eigenvalue weighted by Crippen LogP contribution is 2.32. The molecule has 0 spiro atoms. The predicted molar refractivity (Wildman–Crippen MR) is 120 cm³/mol. The van der Waals surface area contributed by atoms with Crippen molar-refractivity contribution in [3.8, 4) is 11.6 Å². The third-order valence-electron chi connectivity index (χ3n) is 5.83. The Bertz CT molecular complexity index is 746. The molecule has 0 amide bonds. The van der Waals surface area contributed by atoms with E-state index in [2.05, 4.69) is 42.8 Å². The summed E-state index contributed by atoms with van der Waals surface area (Å²) in [4.78, 5) is 11.4. The number of hydrogen-bond donors (Lipinski definition) is 3. The first-order valence-corrected chi connectivity index (χ1v) is 9.87. The highest BCUT2D eigenvalue weighted by molar-refractivity contribution is 14.0. The quantitative estimate of drug-likeness (QED) is 0.333. The minimum absolute atomic E-state index is 0. The van der Waals surface area contributed by atoms with Crippen molar-refractivity contribution in [2.45, 2.75) is 56.7 Å². The second-order valence-corrected chi connectivity index (χ2v) is 7.55. The van der Waals surface area contributed by atoms with E-state index in [1.54, 1.807) is 6.26 Å². The highest BCUT2D eigenvalue weighted by Gasteiger charge is 2.36. The number of rotatable bonds is 5. The van der Waals surface area contributed by atoms with Gasteiger partial charge in [-0.1, -0.05) is 6.42 Å². The van der Waals surface area contributed by atoms with Gasteiger partial charge in [0.05, 0.1) is 6.26 Å². The number of aromatic nitrogens is 3. The van der Waals surface area contributed by atoms with Crippen molar-refractivity contribution in [3.63, 3.8) is 0 Å². The van der Waals surface area contributed by atoms with Gasteiger partial charge in [-0.05, 0) is 44.9 Å². The van der Waals surface area contributed by atoms with E-state index in [9.17, 15) is 0 Å². The number of nitrogens with zero attached hydrogens (tertiary/aromatic N) is 4. The monoisotopic (exact) mass is 499 g/mol. The fourth-order valence-corrected chi connectivity index (χ4v) is 4.34. The molecule has 2 bridgehead atoms. The Kier molecular flexibility index (Phi) is 7.33. The maximum atomic E-state index is 5.32. The number of H-pyrrole nitrogens is 1. The Morgan fingerprint density at radius 3 is 2.82 bits per heavy atom. The first-order chi connectivity index (χ1) is 13.2. The molecule has 0 radical (unpaired) electrons. The molecule has 2 aliphatic rings. The first-order valence-electron chi connectivity index (χ1n) is 9.87. The van der Waals surface area contributed by atoms with Gasteiger partial charge in [0.25, 0.3) is 0 Å². The molecule has 0 aliphatic carbocycles. The number of aromatic amines is 1. The average molecular weight is 499 g/mol. The van der Waals surface area contributed by atoms with Crippen LogP contribution in [0.1, 0.15) is 37.9 Å². The topological polar surface area (TPSA) is 94.4 Å². The van der Waals surface area contributed by atoms with Crippen LogP contribution in [0, 0.1) is 0 Å². The standard InChI is InChI=1S/C19H29N7O.HI/c1-20-19(22-13-11-14-5-3-6-15(12-13)26(14)2)21-9-8-17-23-18(25-24-17)16-7-4-10-27-16;/h4,7,10,13-15H,3,5-6,8-9,11-12H2,1-2H3,(H2,20,21,22)(H,23,24,25);1H. The van der Waals surface area contributed by atoms with Crippen molar-refractivity contribution in [1.29, 1.82) is 0 Å². The van der Waals surface area contributed by atoms with E-state index in [0.717, 1.165) is 24.7 Å². The lowest BCUT2D eigenvalue weighted by Crippen LogP contribution is -2.56. The van der Waals surface area contributed by atoms with Crippen molar-refractivity contribution < 1.29 is 4.42 Å². The second-order valence-electron chi connectivity index (χ2n) is 7.55. The van der Waals surface area contributed by atoms with Gasteiger partial charge in [0, 0.05) is 38.1 Å². The number of hydrogen-bond acceptors (Lipinski definition) is 5. The predicted octanol–water partition coefficient (Wildman–Crippen LogP) is 2.41. The number of aliphatic imine (C=N–C) groups is 1. The van der Waals surface area contributed by atoms with Gasteiger partial charge in [-0.25, -0.2) is 4.98 Å². The molecule has 4 heterocycles. The van der Waals surface area contributed by atoms with Gasteiger partial charge in [-0.2, -0.15) is 5.10 Å². The molecular formula is C19H30IN7O. The smallest absolute Gasteiger partial charge is 0.216 e. The van der Waals surface area contributed by atoms with Crippen molar-refractivity contribution >= 4 is 29.9 Å². The Labute approximate surface area is 183 Å². The number of furan rings is 1. The minimum Gasteiger partial charge on any atom is -0.461 e. The summed E-state index contributed by atoms with van der Waals surface area (Å²) in [5.74, 6) is 2.97.